The van der Waals surface area contributed by atoms with E-state index < -0.39 is 11.8 Å². The zero-order chi connectivity index (χ0) is 31.9. The van der Waals surface area contributed by atoms with Crippen molar-refractivity contribution in [3.63, 3.8) is 0 Å². The van der Waals surface area contributed by atoms with E-state index in [1.165, 1.54) is 17.8 Å². The number of rotatable bonds is 10. The van der Waals surface area contributed by atoms with Crippen LogP contribution in [0.5, 0.6) is 11.5 Å². The second kappa shape index (κ2) is 13.9. The van der Waals surface area contributed by atoms with Crippen LogP contribution in [0.3, 0.4) is 0 Å². The number of thioether (sulfide) groups is 1. The number of carbonyl (C=O) groups is 3. The van der Waals surface area contributed by atoms with Gasteiger partial charge in [-0.1, -0.05) is 48.0 Å². The molecule has 0 fully saturated rings. The van der Waals surface area contributed by atoms with Crippen LogP contribution in [0.2, 0.25) is 0 Å². The topological polar surface area (TPSA) is 119 Å². The highest BCUT2D eigenvalue weighted by Crippen LogP contribution is 2.34. The van der Waals surface area contributed by atoms with E-state index in [0.717, 1.165) is 16.0 Å². The minimum atomic E-state index is -0.527. The molecule has 2 heterocycles. The number of ether oxygens (including phenoxy) is 2. The minimum Gasteiger partial charge on any atom is -0.457 e. The van der Waals surface area contributed by atoms with Gasteiger partial charge in [-0.2, -0.15) is 0 Å². The van der Waals surface area contributed by atoms with Crippen molar-refractivity contribution in [1.82, 2.24) is 5.32 Å². The number of nitrogens with one attached hydrogen (secondary N) is 3. The van der Waals surface area contributed by atoms with Crippen LogP contribution < -0.4 is 25.4 Å². The van der Waals surface area contributed by atoms with E-state index in [4.69, 9.17) is 13.9 Å². The fraction of sp³-hybridized carbons (Fsp3) is 0.0833. The van der Waals surface area contributed by atoms with Crippen molar-refractivity contribution in [2.24, 2.45) is 0 Å². The van der Waals surface area contributed by atoms with Crippen LogP contribution in [0.25, 0.3) is 17.4 Å². The predicted molar refractivity (Wildman–Crippen MR) is 178 cm³/mol. The first-order chi connectivity index (χ1) is 22.4. The minimum absolute atomic E-state index is 0.0114. The van der Waals surface area contributed by atoms with E-state index in [2.05, 4.69) is 16.0 Å². The number of hydrogen-bond acceptors (Lipinski definition) is 7. The van der Waals surface area contributed by atoms with E-state index in [1.54, 1.807) is 72.8 Å². The maximum Gasteiger partial charge on any atom is 0.272 e. The molecule has 0 spiro atoms. The molecule has 0 atom stereocenters. The first-order valence-electron chi connectivity index (χ1n) is 14.4. The molecule has 0 aliphatic carbocycles. The molecule has 3 amide bonds. The number of fused-ring (bicyclic) bond motifs is 1. The smallest absolute Gasteiger partial charge is 0.272 e. The average Bonchev–Trinajstić information content (AvgIpc) is 3.74. The summed E-state index contributed by atoms with van der Waals surface area (Å²) in [5.74, 6) is 1.34. The summed E-state index contributed by atoms with van der Waals surface area (Å²) in [5, 5.41) is 8.41. The van der Waals surface area contributed by atoms with Crippen molar-refractivity contribution in [2.75, 3.05) is 23.2 Å². The fourth-order valence-corrected chi connectivity index (χ4v) is 5.24. The van der Waals surface area contributed by atoms with Gasteiger partial charge in [0.1, 0.15) is 17.2 Å². The van der Waals surface area contributed by atoms with Gasteiger partial charge in [-0.05, 0) is 67.6 Å². The third-order valence-electron chi connectivity index (χ3n) is 6.92. The lowest BCUT2D eigenvalue weighted by Crippen LogP contribution is -2.30. The third kappa shape index (κ3) is 7.66. The van der Waals surface area contributed by atoms with Gasteiger partial charge < -0.3 is 29.8 Å². The zero-order valence-electron chi connectivity index (χ0n) is 24.7. The molecule has 1 aromatic heterocycles. The van der Waals surface area contributed by atoms with Crippen LogP contribution in [0, 0.1) is 6.92 Å². The summed E-state index contributed by atoms with van der Waals surface area (Å²) in [5.41, 5.74) is 3.58. The Balaban J connectivity index is 1.11. The number of benzene rings is 4. The Morgan fingerprint density at radius 1 is 0.783 bits per heavy atom. The molecule has 0 saturated carbocycles. The van der Waals surface area contributed by atoms with Crippen LogP contribution in [-0.4, -0.2) is 30.3 Å². The molecule has 3 N–H and O–H groups in total. The van der Waals surface area contributed by atoms with Crippen molar-refractivity contribution in [3.05, 3.63) is 132 Å². The van der Waals surface area contributed by atoms with Gasteiger partial charge >= 0.3 is 0 Å². The van der Waals surface area contributed by atoms with E-state index in [0.29, 0.717) is 40.0 Å². The fourth-order valence-electron chi connectivity index (χ4n) is 4.54. The molecule has 1 aliphatic rings. The van der Waals surface area contributed by atoms with E-state index in [1.807, 2.05) is 43.3 Å². The van der Waals surface area contributed by atoms with Gasteiger partial charge in [-0.3, -0.25) is 14.4 Å². The Kier molecular flexibility index (Phi) is 9.17. The van der Waals surface area contributed by atoms with E-state index in [9.17, 15) is 14.4 Å². The molecular weight excluding hydrogens is 602 g/mol. The van der Waals surface area contributed by atoms with Gasteiger partial charge in [-0.25, -0.2) is 0 Å². The van der Waals surface area contributed by atoms with Crippen molar-refractivity contribution < 1.29 is 28.3 Å². The second-order valence-corrected chi connectivity index (χ2v) is 11.4. The number of furan rings is 1. The maximum absolute atomic E-state index is 13.4. The highest BCUT2D eigenvalue weighted by Gasteiger charge is 2.17. The highest BCUT2D eigenvalue weighted by molar-refractivity contribution is 8.00. The standard InChI is InChI=1S/C36H29N3O6S/c1-23-7-9-24(10-8-23)31-18-14-28(45-31)20-30(39-35(41)25-5-3-2-4-6-25)36(42)38-26-11-15-29(16-12-26)46-21-34(40)37-27-13-17-32-33(19-27)44-22-43-32/h2-20H,21-22H2,1H3,(H,37,40)(H,38,42)(H,39,41)/b30-20-. The number of amides is 3. The lowest BCUT2D eigenvalue weighted by molar-refractivity contribution is -0.114. The van der Waals surface area contributed by atoms with E-state index >= 15 is 0 Å². The number of aryl methyl sites for hydroxylation is 1. The molecular formula is C36H29N3O6S. The summed E-state index contributed by atoms with van der Waals surface area (Å²) in [4.78, 5) is 39.8. The Hall–Kier alpha value is -5.74. The monoisotopic (exact) mass is 631 g/mol. The normalized spacial score (nSPS) is 12.0. The Morgan fingerprint density at radius 2 is 1.52 bits per heavy atom. The molecule has 1 aliphatic heterocycles. The molecule has 0 bridgehead atoms. The summed E-state index contributed by atoms with van der Waals surface area (Å²) in [6.45, 7) is 2.17. The summed E-state index contributed by atoms with van der Waals surface area (Å²) in [6, 6.07) is 32.4. The van der Waals surface area contributed by atoms with Gasteiger partial charge in [0.2, 0.25) is 12.7 Å². The molecule has 4 aromatic carbocycles. The number of carbonyl (C=O) groups excluding carboxylic acids is 3. The Labute approximate surface area is 269 Å². The molecule has 0 unspecified atom stereocenters. The molecule has 6 rings (SSSR count). The Bertz CT molecular complexity index is 1900. The lowest BCUT2D eigenvalue weighted by atomic mass is 10.1. The van der Waals surface area contributed by atoms with Crippen LogP contribution in [0.1, 0.15) is 21.7 Å². The quantitative estimate of drug-likeness (QED) is 0.111. The average molecular weight is 632 g/mol. The van der Waals surface area contributed by atoms with Gasteiger partial charge in [-0.15, -0.1) is 11.8 Å². The summed E-state index contributed by atoms with van der Waals surface area (Å²) in [7, 11) is 0. The summed E-state index contributed by atoms with van der Waals surface area (Å²) < 4.78 is 16.6. The van der Waals surface area contributed by atoms with Crippen LogP contribution in [0.4, 0.5) is 11.4 Å². The van der Waals surface area contributed by atoms with Crippen molar-refractivity contribution >= 4 is 46.9 Å². The number of anilines is 2. The third-order valence-corrected chi connectivity index (χ3v) is 7.93. The zero-order valence-corrected chi connectivity index (χ0v) is 25.6. The van der Waals surface area contributed by atoms with Gasteiger partial charge in [0, 0.05) is 39.5 Å². The molecule has 9 nitrogen and oxygen atoms in total. The van der Waals surface area contributed by atoms with Crippen LogP contribution >= 0.6 is 11.8 Å². The SMILES string of the molecule is Cc1ccc(-c2ccc(/C=C(\NC(=O)c3ccccc3)C(=O)Nc3ccc(SCC(=O)Nc4ccc5c(c4)OCO5)cc3)o2)cc1. The van der Waals surface area contributed by atoms with Crippen molar-refractivity contribution in [1.29, 1.82) is 0 Å². The molecule has 5 aromatic rings. The van der Waals surface area contributed by atoms with E-state index in [-0.39, 0.29) is 24.2 Å². The second-order valence-electron chi connectivity index (χ2n) is 10.3. The maximum atomic E-state index is 13.4. The predicted octanol–water partition coefficient (Wildman–Crippen LogP) is 7.12. The van der Waals surface area contributed by atoms with Crippen LogP contribution in [-0.2, 0) is 9.59 Å². The highest BCUT2D eigenvalue weighted by atomic mass is 32.2. The first kappa shape index (κ1) is 30.3. The van der Waals surface area contributed by atoms with Crippen molar-refractivity contribution in [3.8, 4) is 22.8 Å². The van der Waals surface area contributed by atoms with Crippen LogP contribution in [0.15, 0.2) is 124 Å². The lowest BCUT2D eigenvalue weighted by Gasteiger charge is -2.11. The van der Waals surface area contributed by atoms with Gasteiger partial charge in [0.15, 0.2) is 11.5 Å². The number of hydrogen-bond donors (Lipinski definition) is 3. The summed E-state index contributed by atoms with van der Waals surface area (Å²) >= 11 is 1.35. The molecule has 46 heavy (non-hydrogen) atoms. The molecule has 10 heteroatoms. The summed E-state index contributed by atoms with van der Waals surface area (Å²) in [6.07, 6.45) is 1.50. The molecule has 0 radical (unpaired) electrons. The molecule has 230 valence electrons. The Morgan fingerprint density at radius 3 is 2.30 bits per heavy atom. The van der Waals surface area contributed by atoms with Gasteiger partial charge in [0.05, 0.1) is 5.75 Å². The largest absolute Gasteiger partial charge is 0.457 e. The molecule has 0 saturated heterocycles. The first-order valence-corrected chi connectivity index (χ1v) is 15.4. The van der Waals surface area contributed by atoms with Crippen molar-refractivity contribution in [2.45, 2.75) is 11.8 Å². The van der Waals surface area contributed by atoms with Gasteiger partial charge in [0.25, 0.3) is 11.8 Å².